The van der Waals surface area contributed by atoms with Gasteiger partial charge in [0.15, 0.2) is 0 Å². The highest BCUT2D eigenvalue weighted by atomic mass is 16.2. The van der Waals surface area contributed by atoms with Crippen LogP contribution < -0.4 is 4.90 Å². The summed E-state index contributed by atoms with van der Waals surface area (Å²) in [5.74, 6) is 2.59. The van der Waals surface area contributed by atoms with Crippen LogP contribution in [0.1, 0.15) is 65.5 Å². The minimum atomic E-state index is 0.143. The number of piperazine rings is 1. The number of hydrogen-bond acceptors (Lipinski definition) is 4. The molecule has 1 aliphatic carbocycles. The molecule has 0 atom stereocenters. The Morgan fingerprint density at radius 2 is 1.61 bits per heavy atom. The fourth-order valence-corrected chi connectivity index (χ4v) is 4.51. The molecule has 2 fully saturated rings. The van der Waals surface area contributed by atoms with Gasteiger partial charge in [-0.05, 0) is 50.3 Å². The lowest BCUT2D eigenvalue weighted by Gasteiger charge is -2.35. The van der Waals surface area contributed by atoms with Crippen molar-refractivity contribution in [2.24, 2.45) is 0 Å². The summed E-state index contributed by atoms with van der Waals surface area (Å²) in [5.41, 5.74) is 3.19. The number of carbonyl (C=O) groups excluding carboxylic acids is 1. The maximum absolute atomic E-state index is 12.9. The summed E-state index contributed by atoms with van der Waals surface area (Å²) >= 11 is 0. The van der Waals surface area contributed by atoms with Gasteiger partial charge < -0.3 is 9.80 Å². The van der Waals surface area contributed by atoms with Gasteiger partial charge in [0.2, 0.25) is 0 Å². The van der Waals surface area contributed by atoms with E-state index in [2.05, 4.69) is 27.0 Å². The third kappa shape index (κ3) is 4.18. The van der Waals surface area contributed by atoms with Crippen molar-refractivity contribution >= 4 is 11.7 Å². The van der Waals surface area contributed by atoms with Crippen molar-refractivity contribution in [1.82, 2.24) is 14.9 Å². The van der Waals surface area contributed by atoms with Crippen LogP contribution in [0.25, 0.3) is 0 Å². The second-order valence-corrected chi connectivity index (χ2v) is 8.15. The number of rotatable bonds is 3. The second kappa shape index (κ2) is 8.29. The Morgan fingerprint density at radius 3 is 2.25 bits per heavy atom. The van der Waals surface area contributed by atoms with Crippen molar-refractivity contribution in [3.05, 3.63) is 53.0 Å². The molecule has 1 aliphatic heterocycles. The van der Waals surface area contributed by atoms with E-state index in [4.69, 9.17) is 0 Å². The summed E-state index contributed by atoms with van der Waals surface area (Å²) < 4.78 is 0. The molecule has 1 saturated carbocycles. The SMILES string of the molecule is Cc1cc(N2CCN(C(=O)c3ccc(C4CCCCC4)cc3)CC2)nc(C)n1. The fraction of sp³-hybridized carbons (Fsp3) is 0.522. The fourth-order valence-electron chi connectivity index (χ4n) is 4.51. The predicted octanol–water partition coefficient (Wildman–Crippen LogP) is 4.10. The molecular formula is C23H30N4O. The first-order chi connectivity index (χ1) is 13.6. The van der Waals surface area contributed by atoms with Crippen LogP contribution in [0.2, 0.25) is 0 Å². The van der Waals surface area contributed by atoms with Gasteiger partial charge in [-0.2, -0.15) is 0 Å². The molecule has 5 nitrogen and oxygen atoms in total. The van der Waals surface area contributed by atoms with Crippen LogP contribution in [0.4, 0.5) is 5.82 Å². The molecule has 1 amide bonds. The molecule has 2 heterocycles. The number of carbonyl (C=O) groups is 1. The van der Waals surface area contributed by atoms with E-state index >= 15 is 0 Å². The Hall–Kier alpha value is -2.43. The van der Waals surface area contributed by atoms with Crippen LogP contribution in [-0.2, 0) is 0 Å². The van der Waals surface area contributed by atoms with E-state index in [0.717, 1.165) is 49.1 Å². The molecule has 5 heteroatoms. The predicted molar refractivity (Wildman–Crippen MR) is 112 cm³/mol. The van der Waals surface area contributed by atoms with E-state index < -0.39 is 0 Å². The summed E-state index contributed by atoms with van der Waals surface area (Å²) in [6.07, 6.45) is 6.61. The van der Waals surface area contributed by atoms with Crippen LogP contribution in [0, 0.1) is 13.8 Å². The first kappa shape index (κ1) is 18.9. The molecule has 28 heavy (non-hydrogen) atoms. The van der Waals surface area contributed by atoms with Crippen molar-refractivity contribution in [2.45, 2.75) is 51.9 Å². The normalized spacial score (nSPS) is 18.4. The molecular weight excluding hydrogens is 348 g/mol. The number of amides is 1. The number of aromatic nitrogens is 2. The van der Waals surface area contributed by atoms with Crippen molar-refractivity contribution < 1.29 is 4.79 Å². The van der Waals surface area contributed by atoms with Gasteiger partial charge in [0.05, 0.1) is 0 Å². The van der Waals surface area contributed by atoms with Crippen LogP contribution >= 0.6 is 0 Å². The smallest absolute Gasteiger partial charge is 0.253 e. The summed E-state index contributed by atoms with van der Waals surface area (Å²) in [4.78, 5) is 26.0. The third-order valence-electron chi connectivity index (χ3n) is 6.08. The Kier molecular flexibility index (Phi) is 5.60. The number of aryl methyl sites for hydroxylation is 2. The first-order valence-corrected chi connectivity index (χ1v) is 10.6. The number of anilines is 1. The minimum Gasteiger partial charge on any atom is -0.353 e. The van der Waals surface area contributed by atoms with Crippen LogP contribution in [0.5, 0.6) is 0 Å². The molecule has 0 bridgehead atoms. The number of nitrogens with zero attached hydrogens (tertiary/aromatic N) is 4. The number of benzene rings is 1. The zero-order valence-electron chi connectivity index (χ0n) is 17.0. The molecule has 0 unspecified atom stereocenters. The Morgan fingerprint density at radius 1 is 0.929 bits per heavy atom. The molecule has 2 aliphatic rings. The van der Waals surface area contributed by atoms with Crippen LogP contribution in [-0.4, -0.2) is 47.0 Å². The largest absolute Gasteiger partial charge is 0.353 e. The highest BCUT2D eigenvalue weighted by Crippen LogP contribution is 2.32. The van der Waals surface area contributed by atoms with E-state index in [1.807, 2.05) is 36.9 Å². The summed E-state index contributed by atoms with van der Waals surface area (Å²) in [6.45, 7) is 6.99. The molecule has 2 aromatic rings. The highest BCUT2D eigenvalue weighted by molar-refractivity contribution is 5.94. The third-order valence-corrected chi connectivity index (χ3v) is 6.08. The Balaban J connectivity index is 1.37. The number of hydrogen-bond donors (Lipinski definition) is 0. The summed E-state index contributed by atoms with van der Waals surface area (Å²) in [6, 6.07) is 10.4. The molecule has 148 valence electrons. The standard InChI is InChI=1S/C23H30N4O/c1-17-16-22(25-18(2)24-17)26-12-14-27(15-13-26)23(28)21-10-8-20(9-11-21)19-6-4-3-5-7-19/h8-11,16,19H,3-7,12-15H2,1-2H3. The average molecular weight is 379 g/mol. The topological polar surface area (TPSA) is 49.3 Å². The molecule has 4 rings (SSSR count). The van der Waals surface area contributed by atoms with Crippen LogP contribution in [0.3, 0.4) is 0 Å². The minimum absolute atomic E-state index is 0.143. The van der Waals surface area contributed by atoms with Crippen molar-refractivity contribution in [1.29, 1.82) is 0 Å². The van der Waals surface area contributed by atoms with Crippen molar-refractivity contribution in [3.63, 3.8) is 0 Å². The molecule has 0 radical (unpaired) electrons. The average Bonchev–Trinajstić information content (AvgIpc) is 2.73. The molecule has 1 aromatic heterocycles. The maximum Gasteiger partial charge on any atom is 0.253 e. The summed E-state index contributed by atoms with van der Waals surface area (Å²) in [7, 11) is 0. The van der Waals surface area contributed by atoms with E-state index in [0.29, 0.717) is 5.92 Å². The van der Waals surface area contributed by atoms with E-state index in [1.165, 1.54) is 37.7 Å². The van der Waals surface area contributed by atoms with E-state index in [9.17, 15) is 4.79 Å². The monoisotopic (exact) mass is 378 g/mol. The van der Waals surface area contributed by atoms with Gasteiger partial charge in [0.25, 0.3) is 5.91 Å². The van der Waals surface area contributed by atoms with E-state index in [1.54, 1.807) is 0 Å². The lowest BCUT2D eigenvalue weighted by molar-refractivity contribution is 0.0746. The summed E-state index contributed by atoms with van der Waals surface area (Å²) in [5, 5.41) is 0. The van der Waals surface area contributed by atoms with Gasteiger partial charge in [0, 0.05) is 43.5 Å². The Bertz CT molecular complexity index is 799. The molecule has 0 N–H and O–H groups in total. The molecule has 1 saturated heterocycles. The van der Waals surface area contributed by atoms with Crippen molar-refractivity contribution in [3.8, 4) is 0 Å². The first-order valence-electron chi connectivity index (χ1n) is 10.6. The van der Waals surface area contributed by atoms with Crippen LogP contribution in [0.15, 0.2) is 30.3 Å². The van der Waals surface area contributed by atoms with Gasteiger partial charge >= 0.3 is 0 Å². The molecule has 0 spiro atoms. The van der Waals surface area contributed by atoms with Gasteiger partial charge in [-0.3, -0.25) is 4.79 Å². The van der Waals surface area contributed by atoms with Gasteiger partial charge in [-0.15, -0.1) is 0 Å². The van der Waals surface area contributed by atoms with E-state index in [-0.39, 0.29) is 5.91 Å². The van der Waals surface area contributed by atoms with Gasteiger partial charge in [-0.25, -0.2) is 9.97 Å². The zero-order chi connectivity index (χ0) is 19.5. The lowest BCUT2D eigenvalue weighted by Crippen LogP contribution is -2.49. The van der Waals surface area contributed by atoms with Crippen molar-refractivity contribution in [2.75, 3.05) is 31.1 Å². The van der Waals surface area contributed by atoms with Gasteiger partial charge in [0.1, 0.15) is 11.6 Å². The lowest BCUT2D eigenvalue weighted by atomic mass is 9.84. The second-order valence-electron chi connectivity index (χ2n) is 8.15. The maximum atomic E-state index is 12.9. The van der Waals surface area contributed by atoms with Gasteiger partial charge in [-0.1, -0.05) is 31.4 Å². The quantitative estimate of drug-likeness (QED) is 0.807. The Labute approximate surface area is 167 Å². The molecule has 1 aromatic carbocycles. The highest BCUT2D eigenvalue weighted by Gasteiger charge is 2.23. The zero-order valence-corrected chi connectivity index (χ0v) is 17.0.